The SMILES string of the molecule is CC1=C(C(=O)OC(C)C)C(c2cccc(F)c2)c2c(nc3c(c2N)CC(C)(C)CC3)N1. The number of ether oxygens (including phenoxy) is 1. The number of carbonyl (C=O) groups is 1. The molecule has 4 rings (SSSR count). The molecule has 0 bridgehead atoms. The lowest BCUT2D eigenvalue weighted by Crippen LogP contribution is -2.30. The Bertz CT molecular complexity index is 1090. The van der Waals surface area contributed by atoms with E-state index in [1.54, 1.807) is 6.07 Å². The zero-order chi connectivity index (χ0) is 22.5. The molecule has 6 heteroatoms. The maximum atomic E-state index is 14.2. The number of fused-ring (bicyclic) bond motifs is 2. The van der Waals surface area contributed by atoms with Crippen molar-refractivity contribution in [2.75, 3.05) is 11.1 Å². The predicted molar refractivity (Wildman–Crippen MR) is 120 cm³/mol. The minimum atomic E-state index is -0.555. The first-order chi connectivity index (χ1) is 14.6. The second-order valence-electron chi connectivity index (χ2n) is 9.66. The van der Waals surface area contributed by atoms with Gasteiger partial charge in [-0.3, -0.25) is 0 Å². The van der Waals surface area contributed by atoms with Crippen molar-refractivity contribution in [1.29, 1.82) is 0 Å². The summed E-state index contributed by atoms with van der Waals surface area (Å²) in [5.74, 6) is -0.709. The van der Waals surface area contributed by atoms with Crippen molar-refractivity contribution in [3.8, 4) is 0 Å². The van der Waals surface area contributed by atoms with Crippen LogP contribution in [0.25, 0.3) is 0 Å². The van der Waals surface area contributed by atoms with Crippen LogP contribution in [0.2, 0.25) is 0 Å². The summed E-state index contributed by atoms with van der Waals surface area (Å²) in [5.41, 5.74) is 12.0. The summed E-state index contributed by atoms with van der Waals surface area (Å²) < 4.78 is 19.8. The smallest absolute Gasteiger partial charge is 0.337 e. The Hall–Kier alpha value is -2.89. The highest BCUT2D eigenvalue weighted by molar-refractivity contribution is 5.95. The van der Waals surface area contributed by atoms with Crippen molar-refractivity contribution < 1.29 is 13.9 Å². The lowest BCUT2D eigenvalue weighted by Gasteiger charge is -2.36. The van der Waals surface area contributed by atoms with Gasteiger partial charge in [-0.05, 0) is 68.7 Å². The zero-order valence-corrected chi connectivity index (χ0v) is 18.8. The molecule has 0 spiro atoms. The molecule has 1 aliphatic heterocycles. The molecular formula is C25H30FN3O2. The molecule has 2 aromatic rings. The molecule has 0 amide bonds. The molecule has 1 aromatic carbocycles. The highest BCUT2D eigenvalue weighted by Crippen LogP contribution is 2.48. The topological polar surface area (TPSA) is 77.2 Å². The van der Waals surface area contributed by atoms with Gasteiger partial charge in [0.15, 0.2) is 0 Å². The van der Waals surface area contributed by atoms with E-state index in [4.69, 9.17) is 15.5 Å². The number of nitrogens with two attached hydrogens (primary N) is 1. The van der Waals surface area contributed by atoms with Crippen LogP contribution >= 0.6 is 0 Å². The molecule has 0 radical (unpaired) electrons. The third kappa shape index (κ3) is 3.91. The van der Waals surface area contributed by atoms with Gasteiger partial charge in [0.1, 0.15) is 11.6 Å². The Balaban J connectivity index is 1.95. The van der Waals surface area contributed by atoms with Gasteiger partial charge in [-0.25, -0.2) is 14.2 Å². The van der Waals surface area contributed by atoms with E-state index in [-0.39, 0.29) is 17.3 Å². The van der Waals surface area contributed by atoms with Crippen LogP contribution in [-0.2, 0) is 22.4 Å². The van der Waals surface area contributed by atoms with Gasteiger partial charge in [0.05, 0.1) is 11.7 Å². The van der Waals surface area contributed by atoms with Crippen LogP contribution < -0.4 is 11.1 Å². The fourth-order valence-electron chi connectivity index (χ4n) is 4.70. The van der Waals surface area contributed by atoms with Crippen LogP contribution in [0, 0.1) is 11.2 Å². The molecule has 2 heterocycles. The third-order valence-electron chi connectivity index (χ3n) is 6.19. The minimum Gasteiger partial charge on any atom is -0.460 e. The molecule has 1 aliphatic carbocycles. The zero-order valence-electron chi connectivity index (χ0n) is 18.8. The number of aryl methyl sites for hydroxylation is 1. The van der Waals surface area contributed by atoms with Gasteiger partial charge in [-0.1, -0.05) is 26.0 Å². The Labute approximate surface area is 182 Å². The molecule has 0 saturated heterocycles. The number of aromatic nitrogens is 1. The summed E-state index contributed by atoms with van der Waals surface area (Å²) in [6.07, 6.45) is 2.44. The van der Waals surface area contributed by atoms with Crippen LogP contribution in [-0.4, -0.2) is 17.1 Å². The average Bonchev–Trinajstić information content (AvgIpc) is 2.67. The van der Waals surface area contributed by atoms with Crippen LogP contribution in [0.3, 0.4) is 0 Å². The fourth-order valence-corrected chi connectivity index (χ4v) is 4.70. The van der Waals surface area contributed by atoms with Crippen molar-refractivity contribution in [3.63, 3.8) is 0 Å². The van der Waals surface area contributed by atoms with E-state index >= 15 is 0 Å². The van der Waals surface area contributed by atoms with Crippen LogP contribution in [0.4, 0.5) is 15.9 Å². The van der Waals surface area contributed by atoms with Crippen molar-refractivity contribution in [1.82, 2.24) is 4.98 Å². The van der Waals surface area contributed by atoms with E-state index in [1.165, 1.54) is 12.1 Å². The Morgan fingerprint density at radius 3 is 2.77 bits per heavy atom. The molecule has 0 saturated carbocycles. The quantitative estimate of drug-likeness (QED) is 0.672. The molecule has 5 nitrogen and oxygen atoms in total. The fraction of sp³-hybridized carbons (Fsp3) is 0.440. The van der Waals surface area contributed by atoms with Crippen LogP contribution in [0.15, 0.2) is 35.5 Å². The van der Waals surface area contributed by atoms with Gasteiger partial charge in [0, 0.05) is 28.6 Å². The molecule has 0 fully saturated rings. The van der Waals surface area contributed by atoms with Crippen molar-refractivity contribution >= 4 is 17.5 Å². The first kappa shape index (κ1) is 21.3. The lowest BCUT2D eigenvalue weighted by atomic mass is 9.73. The number of rotatable bonds is 3. The molecule has 2 aliphatic rings. The van der Waals surface area contributed by atoms with E-state index in [1.807, 2.05) is 26.8 Å². The molecular weight excluding hydrogens is 393 g/mol. The van der Waals surface area contributed by atoms with Crippen molar-refractivity contribution in [3.05, 3.63) is 63.7 Å². The van der Waals surface area contributed by atoms with Crippen molar-refractivity contribution in [2.24, 2.45) is 5.41 Å². The number of pyridine rings is 1. The Morgan fingerprint density at radius 1 is 1.35 bits per heavy atom. The van der Waals surface area contributed by atoms with Crippen molar-refractivity contribution in [2.45, 2.75) is 65.9 Å². The largest absolute Gasteiger partial charge is 0.460 e. The van der Waals surface area contributed by atoms with E-state index < -0.39 is 11.9 Å². The summed E-state index contributed by atoms with van der Waals surface area (Å²) in [6.45, 7) is 9.90. The average molecular weight is 424 g/mol. The standard InChI is InChI=1S/C25H30FN3O2/c1-13(2)31-24(30)19-14(3)28-23-21(20(19)15-7-6-8-16(26)11-15)22(27)17-12-25(4,5)10-9-18(17)29-23/h6-8,11,13,20H,9-10,12H2,1-5H3,(H3,27,28,29). The summed E-state index contributed by atoms with van der Waals surface area (Å²) in [7, 11) is 0. The number of benzene rings is 1. The van der Waals surface area contributed by atoms with Crippen LogP contribution in [0.5, 0.6) is 0 Å². The molecule has 1 unspecified atom stereocenters. The second-order valence-corrected chi connectivity index (χ2v) is 9.66. The van der Waals surface area contributed by atoms with Gasteiger partial charge in [-0.15, -0.1) is 0 Å². The number of nitrogens with zero attached hydrogens (tertiary/aromatic N) is 1. The molecule has 1 aromatic heterocycles. The van der Waals surface area contributed by atoms with Gasteiger partial charge in [0.2, 0.25) is 0 Å². The maximum Gasteiger partial charge on any atom is 0.337 e. The second kappa shape index (κ2) is 7.66. The van der Waals surface area contributed by atoms with Gasteiger partial charge in [0.25, 0.3) is 0 Å². The summed E-state index contributed by atoms with van der Waals surface area (Å²) >= 11 is 0. The monoisotopic (exact) mass is 423 g/mol. The van der Waals surface area contributed by atoms with E-state index in [0.29, 0.717) is 28.3 Å². The molecule has 164 valence electrons. The number of nitrogens with one attached hydrogen (secondary N) is 1. The Morgan fingerprint density at radius 2 is 2.10 bits per heavy atom. The number of nitrogen functional groups attached to an aromatic ring is 1. The number of esters is 1. The first-order valence-corrected chi connectivity index (χ1v) is 10.8. The van der Waals surface area contributed by atoms with E-state index in [0.717, 1.165) is 36.1 Å². The number of halogens is 1. The van der Waals surface area contributed by atoms with E-state index in [9.17, 15) is 9.18 Å². The summed E-state index contributed by atoms with van der Waals surface area (Å²) in [4.78, 5) is 18.0. The number of allylic oxidation sites excluding steroid dienone is 1. The summed E-state index contributed by atoms with van der Waals surface area (Å²) in [6, 6.07) is 6.32. The number of anilines is 2. The number of carbonyl (C=O) groups excluding carboxylic acids is 1. The molecule has 3 N–H and O–H groups in total. The number of hydrogen-bond donors (Lipinski definition) is 2. The first-order valence-electron chi connectivity index (χ1n) is 10.8. The van der Waals surface area contributed by atoms with E-state index in [2.05, 4.69) is 19.2 Å². The summed E-state index contributed by atoms with van der Waals surface area (Å²) in [5, 5.41) is 3.28. The molecule has 31 heavy (non-hydrogen) atoms. The van der Waals surface area contributed by atoms with Crippen LogP contribution in [0.1, 0.15) is 69.3 Å². The highest BCUT2D eigenvalue weighted by atomic mass is 19.1. The normalized spacial score (nSPS) is 19.5. The Kier molecular flexibility index (Phi) is 5.28. The molecule has 1 atom stereocenters. The van der Waals surface area contributed by atoms with Gasteiger partial charge in [-0.2, -0.15) is 0 Å². The maximum absolute atomic E-state index is 14.2. The number of hydrogen-bond acceptors (Lipinski definition) is 5. The minimum absolute atomic E-state index is 0.124. The lowest BCUT2D eigenvalue weighted by molar-refractivity contribution is -0.143. The highest BCUT2D eigenvalue weighted by Gasteiger charge is 2.39. The van der Waals surface area contributed by atoms with Gasteiger partial charge >= 0.3 is 5.97 Å². The third-order valence-corrected chi connectivity index (χ3v) is 6.19. The van der Waals surface area contributed by atoms with Gasteiger partial charge < -0.3 is 15.8 Å². The predicted octanol–water partition coefficient (Wildman–Crippen LogP) is 5.10.